The third-order valence-electron chi connectivity index (χ3n) is 4.68. The van der Waals surface area contributed by atoms with Crippen molar-refractivity contribution >= 4 is 27.4 Å². The van der Waals surface area contributed by atoms with Crippen LogP contribution in [0.4, 0.5) is 0 Å². The van der Waals surface area contributed by atoms with E-state index in [9.17, 15) is 4.79 Å². The first-order chi connectivity index (χ1) is 12.4. The van der Waals surface area contributed by atoms with Crippen molar-refractivity contribution in [2.45, 2.75) is 26.3 Å². The Hall–Kier alpha value is -2.27. The summed E-state index contributed by atoms with van der Waals surface area (Å²) in [6.45, 7) is 3.66. The molecule has 0 radical (unpaired) electrons. The number of fused-ring (bicyclic) bond motifs is 1. The molecule has 1 aliphatic rings. The van der Waals surface area contributed by atoms with Crippen molar-refractivity contribution in [2.75, 3.05) is 14.2 Å². The summed E-state index contributed by atoms with van der Waals surface area (Å²) < 4.78 is 12.0. The first-order valence-electron chi connectivity index (χ1n) is 8.46. The number of nitrogens with zero attached hydrogens (tertiary/aromatic N) is 1. The molecule has 26 heavy (non-hydrogen) atoms. The molecule has 4 nitrogen and oxygen atoms in total. The van der Waals surface area contributed by atoms with Gasteiger partial charge in [-0.3, -0.25) is 4.79 Å². The summed E-state index contributed by atoms with van der Waals surface area (Å²) in [5.41, 5.74) is 4.23. The van der Waals surface area contributed by atoms with Crippen LogP contribution in [-0.2, 0) is 11.2 Å². The van der Waals surface area contributed by atoms with Crippen LogP contribution in [0.15, 0.2) is 47.1 Å². The number of hydrogen-bond donors (Lipinski definition) is 0. The summed E-state index contributed by atoms with van der Waals surface area (Å²) in [5.74, 6) is 1.40. The van der Waals surface area contributed by atoms with Crippen molar-refractivity contribution in [3.63, 3.8) is 0 Å². The zero-order valence-electron chi connectivity index (χ0n) is 15.4. The lowest BCUT2D eigenvalue weighted by molar-refractivity contribution is -0.127. The fraction of sp³-hybridized carbons (Fsp3) is 0.286. The van der Waals surface area contributed by atoms with Gasteiger partial charge in [-0.15, -0.1) is 0 Å². The monoisotopic (exact) mass is 415 g/mol. The Balaban J connectivity index is 2.25. The van der Waals surface area contributed by atoms with Gasteiger partial charge in [-0.05, 0) is 54.3 Å². The molecule has 1 amide bonds. The van der Waals surface area contributed by atoms with Crippen LogP contribution in [0.3, 0.4) is 0 Å². The first-order valence-corrected chi connectivity index (χ1v) is 9.25. The van der Waals surface area contributed by atoms with E-state index in [1.54, 1.807) is 26.0 Å². The minimum atomic E-state index is 0.0267. The Morgan fingerprint density at radius 1 is 1.12 bits per heavy atom. The van der Waals surface area contributed by atoms with E-state index in [0.29, 0.717) is 11.5 Å². The first kappa shape index (κ1) is 18.5. The molecule has 0 unspecified atom stereocenters. The summed E-state index contributed by atoms with van der Waals surface area (Å²) in [7, 11) is 3.27. The van der Waals surface area contributed by atoms with Crippen LogP contribution < -0.4 is 9.47 Å². The third kappa shape index (κ3) is 3.49. The highest BCUT2D eigenvalue weighted by Crippen LogP contribution is 2.39. The Kier molecular flexibility index (Phi) is 5.37. The van der Waals surface area contributed by atoms with E-state index in [1.165, 1.54) is 0 Å². The van der Waals surface area contributed by atoms with Crippen molar-refractivity contribution in [3.8, 4) is 11.5 Å². The maximum atomic E-state index is 12.2. The Labute approximate surface area is 162 Å². The van der Waals surface area contributed by atoms with Gasteiger partial charge in [-0.25, -0.2) is 0 Å². The van der Waals surface area contributed by atoms with Crippen LogP contribution in [0.2, 0.25) is 0 Å². The number of methoxy groups -OCH3 is 2. The fourth-order valence-electron chi connectivity index (χ4n) is 3.35. The van der Waals surface area contributed by atoms with E-state index in [-0.39, 0.29) is 11.9 Å². The third-order valence-corrected chi connectivity index (χ3v) is 5.21. The molecule has 0 saturated carbocycles. The molecule has 0 fully saturated rings. The van der Waals surface area contributed by atoms with Crippen LogP contribution in [0, 0.1) is 0 Å². The van der Waals surface area contributed by atoms with E-state index in [2.05, 4.69) is 22.9 Å². The number of ether oxygens (including phenoxy) is 2. The second-order valence-electron chi connectivity index (χ2n) is 6.39. The van der Waals surface area contributed by atoms with Gasteiger partial charge in [0.1, 0.15) is 0 Å². The summed E-state index contributed by atoms with van der Waals surface area (Å²) in [6.07, 6.45) is 2.69. The van der Waals surface area contributed by atoms with Crippen LogP contribution in [0.1, 0.15) is 30.5 Å². The lowest BCUT2D eigenvalue weighted by Gasteiger charge is -2.23. The second kappa shape index (κ2) is 7.54. The number of hydrogen-bond acceptors (Lipinski definition) is 3. The van der Waals surface area contributed by atoms with E-state index in [0.717, 1.165) is 33.2 Å². The highest BCUT2D eigenvalue weighted by molar-refractivity contribution is 9.10. The standard InChI is InChI=1S/C21H22BrNO3/c1-13-9-16-10-20(25-3)21(26-4)11-18(16)19(12-23(13)14(2)24)15-5-7-17(22)8-6-15/h5-8,10-13H,9H2,1-4H3/t13-/m0/s1. The summed E-state index contributed by atoms with van der Waals surface area (Å²) >= 11 is 3.48. The van der Waals surface area contributed by atoms with Gasteiger partial charge in [0.2, 0.25) is 5.91 Å². The van der Waals surface area contributed by atoms with Crippen molar-refractivity contribution in [3.05, 3.63) is 63.8 Å². The smallest absolute Gasteiger partial charge is 0.223 e. The number of amides is 1. The lowest BCUT2D eigenvalue weighted by Crippen LogP contribution is -2.33. The molecular weight excluding hydrogens is 394 g/mol. The normalized spacial score (nSPS) is 16.4. The molecule has 0 spiro atoms. The van der Waals surface area contributed by atoms with Crippen molar-refractivity contribution in [1.29, 1.82) is 0 Å². The van der Waals surface area contributed by atoms with Gasteiger partial charge in [0.25, 0.3) is 0 Å². The van der Waals surface area contributed by atoms with E-state index < -0.39 is 0 Å². The molecule has 0 N–H and O–H groups in total. The fourth-order valence-corrected chi connectivity index (χ4v) is 3.62. The zero-order chi connectivity index (χ0) is 18.8. The molecular formula is C21H22BrNO3. The van der Waals surface area contributed by atoms with E-state index in [4.69, 9.17) is 9.47 Å². The summed E-state index contributed by atoms with van der Waals surface area (Å²) in [5, 5.41) is 0. The van der Waals surface area contributed by atoms with Gasteiger partial charge in [0, 0.05) is 29.2 Å². The molecule has 1 heterocycles. The molecule has 2 aromatic carbocycles. The topological polar surface area (TPSA) is 38.8 Å². The Morgan fingerprint density at radius 3 is 2.31 bits per heavy atom. The molecule has 3 rings (SSSR count). The Bertz CT molecular complexity index is 858. The SMILES string of the molecule is COc1cc2c(cc1OC)C(c1ccc(Br)cc1)=CN(C(C)=O)[C@@H](C)C2. The maximum absolute atomic E-state index is 12.2. The predicted molar refractivity (Wildman–Crippen MR) is 106 cm³/mol. The largest absolute Gasteiger partial charge is 0.493 e. The maximum Gasteiger partial charge on any atom is 0.223 e. The van der Waals surface area contributed by atoms with Gasteiger partial charge in [0.05, 0.1) is 14.2 Å². The predicted octanol–water partition coefficient (Wildman–Crippen LogP) is 4.65. The van der Waals surface area contributed by atoms with Gasteiger partial charge in [-0.1, -0.05) is 28.1 Å². The van der Waals surface area contributed by atoms with Gasteiger partial charge in [0.15, 0.2) is 11.5 Å². The molecule has 2 aromatic rings. The zero-order valence-corrected chi connectivity index (χ0v) is 17.0. The summed E-state index contributed by atoms with van der Waals surface area (Å²) in [6, 6.07) is 12.2. The molecule has 0 bridgehead atoms. The molecule has 0 aliphatic carbocycles. The van der Waals surface area contributed by atoms with Gasteiger partial charge < -0.3 is 14.4 Å². The number of rotatable bonds is 3. The van der Waals surface area contributed by atoms with E-state index >= 15 is 0 Å². The van der Waals surface area contributed by atoms with Crippen molar-refractivity contribution in [1.82, 2.24) is 4.90 Å². The molecule has 0 aromatic heterocycles. The number of benzene rings is 2. The molecule has 1 atom stereocenters. The van der Waals surface area contributed by atoms with Crippen LogP contribution in [-0.4, -0.2) is 31.1 Å². The highest BCUT2D eigenvalue weighted by atomic mass is 79.9. The average molecular weight is 416 g/mol. The second-order valence-corrected chi connectivity index (χ2v) is 7.31. The van der Waals surface area contributed by atoms with Crippen LogP contribution in [0.25, 0.3) is 5.57 Å². The minimum absolute atomic E-state index is 0.0267. The highest BCUT2D eigenvalue weighted by Gasteiger charge is 2.25. The lowest BCUT2D eigenvalue weighted by atomic mass is 9.92. The number of halogens is 1. The molecule has 136 valence electrons. The van der Waals surface area contributed by atoms with Gasteiger partial charge in [-0.2, -0.15) is 0 Å². The van der Waals surface area contributed by atoms with Crippen molar-refractivity contribution < 1.29 is 14.3 Å². The van der Waals surface area contributed by atoms with Crippen LogP contribution >= 0.6 is 15.9 Å². The van der Waals surface area contributed by atoms with Crippen molar-refractivity contribution in [2.24, 2.45) is 0 Å². The minimum Gasteiger partial charge on any atom is -0.493 e. The molecule has 0 saturated heterocycles. The molecule has 1 aliphatic heterocycles. The van der Waals surface area contributed by atoms with E-state index in [1.807, 2.05) is 42.6 Å². The number of carbonyl (C=O) groups excluding carboxylic acids is 1. The van der Waals surface area contributed by atoms with Crippen LogP contribution in [0.5, 0.6) is 11.5 Å². The average Bonchev–Trinajstić information content (AvgIpc) is 2.77. The number of carbonyl (C=O) groups is 1. The Morgan fingerprint density at radius 2 is 1.73 bits per heavy atom. The quantitative estimate of drug-likeness (QED) is 0.732. The summed E-state index contributed by atoms with van der Waals surface area (Å²) in [4.78, 5) is 14.0. The van der Waals surface area contributed by atoms with Gasteiger partial charge >= 0.3 is 0 Å². The molecule has 5 heteroatoms.